The second-order valence-electron chi connectivity index (χ2n) is 11.2. The van der Waals surface area contributed by atoms with Crippen molar-refractivity contribution in [2.24, 2.45) is 11.8 Å². The molecular formula is C29H36F2N8O4. The number of nitrogens with one attached hydrogen (secondary N) is 1. The van der Waals surface area contributed by atoms with Crippen LogP contribution in [0.25, 0.3) is 16.9 Å². The number of benzene rings is 1. The maximum absolute atomic E-state index is 14.1. The Morgan fingerprint density at radius 3 is 2.51 bits per heavy atom. The third-order valence-electron chi connectivity index (χ3n) is 8.45. The number of ether oxygens (including phenoxy) is 2. The van der Waals surface area contributed by atoms with Crippen molar-refractivity contribution in [2.75, 3.05) is 76.4 Å². The van der Waals surface area contributed by atoms with E-state index in [0.717, 1.165) is 6.42 Å². The minimum absolute atomic E-state index is 0.0952. The van der Waals surface area contributed by atoms with E-state index in [2.05, 4.69) is 10.3 Å². The molecular weight excluding hydrogens is 562 g/mol. The van der Waals surface area contributed by atoms with E-state index in [1.807, 2.05) is 9.80 Å². The molecule has 5 heterocycles. The molecule has 230 valence electrons. The quantitative estimate of drug-likeness (QED) is 0.437. The number of hydrogen-bond donors (Lipinski definition) is 1. The van der Waals surface area contributed by atoms with E-state index in [4.69, 9.17) is 19.4 Å². The van der Waals surface area contributed by atoms with Crippen LogP contribution < -0.4 is 10.2 Å². The average molecular weight is 599 g/mol. The van der Waals surface area contributed by atoms with Crippen molar-refractivity contribution in [2.45, 2.75) is 25.7 Å². The van der Waals surface area contributed by atoms with Crippen molar-refractivity contribution in [1.82, 2.24) is 29.3 Å². The van der Waals surface area contributed by atoms with Gasteiger partial charge in [-0.05, 0) is 37.3 Å². The molecule has 6 rings (SSSR count). The second-order valence-corrected chi connectivity index (χ2v) is 11.2. The first-order chi connectivity index (χ1) is 20.9. The smallest absolute Gasteiger partial charge is 0.409 e. The predicted molar refractivity (Wildman–Crippen MR) is 155 cm³/mol. The van der Waals surface area contributed by atoms with Crippen molar-refractivity contribution in [1.29, 1.82) is 0 Å². The molecule has 0 aliphatic carbocycles. The maximum atomic E-state index is 14.1. The zero-order valence-electron chi connectivity index (χ0n) is 24.1. The Bertz CT molecular complexity index is 1460. The van der Waals surface area contributed by atoms with Crippen LogP contribution in [0.5, 0.6) is 0 Å². The minimum atomic E-state index is -2.79. The zero-order chi connectivity index (χ0) is 29.9. The molecule has 3 saturated heterocycles. The summed E-state index contributed by atoms with van der Waals surface area (Å²) in [4.78, 5) is 44.2. The lowest BCUT2D eigenvalue weighted by atomic mass is 9.95. The number of amides is 2. The van der Waals surface area contributed by atoms with Gasteiger partial charge in [0.25, 0.3) is 6.43 Å². The summed E-state index contributed by atoms with van der Waals surface area (Å²) < 4.78 is 40.0. The molecule has 43 heavy (non-hydrogen) atoms. The van der Waals surface area contributed by atoms with Gasteiger partial charge in [0.05, 0.1) is 31.4 Å². The van der Waals surface area contributed by atoms with Gasteiger partial charge in [-0.3, -0.25) is 9.36 Å². The summed E-state index contributed by atoms with van der Waals surface area (Å²) in [6, 6.07) is 8.69. The highest BCUT2D eigenvalue weighted by molar-refractivity contribution is 5.80. The van der Waals surface area contributed by atoms with Crippen molar-refractivity contribution in [3.63, 3.8) is 0 Å². The van der Waals surface area contributed by atoms with Gasteiger partial charge in [0.1, 0.15) is 11.6 Å². The summed E-state index contributed by atoms with van der Waals surface area (Å²) in [6.07, 6.45) is -1.04. The van der Waals surface area contributed by atoms with E-state index < -0.39 is 6.43 Å². The second kappa shape index (κ2) is 12.7. The summed E-state index contributed by atoms with van der Waals surface area (Å²) in [5.41, 5.74) is 1.00. The number of fused-ring (bicyclic) bond motifs is 1. The first-order valence-electron chi connectivity index (χ1n) is 14.7. The number of anilines is 2. The lowest BCUT2D eigenvalue weighted by Crippen LogP contribution is -2.44. The third-order valence-corrected chi connectivity index (χ3v) is 8.45. The number of hydrogen-bond acceptors (Lipinski definition) is 9. The minimum Gasteiger partial charge on any atom is -0.453 e. The number of methoxy groups -OCH3 is 1. The van der Waals surface area contributed by atoms with Gasteiger partial charge in [-0.2, -0.15) is 9.97 Å². The lowest BCUT2D eigenvalue weighted by molar-refractivity contribution is -0.136. The Labute approximate surface area is 248 Å². The number of rotatable bonds is 7. The van der Waals surface area contributed by atoms with Gasteiger partial charge in [0.2, 0.25) is 11.9 Å². The van der Waals surface area contributed by atoms with Crippen molar-refractivity contribution in [3.05, 3.63) is 36.2 Å². The molecule has 14 heteroatoms. The molecule has 0 radical (unpaired) electrons. The van der Waals surface area contributed by atoms with E-state index in [9.17, 15) is 18.4 Å². The number of carbonyl (C=O) groups excluding carboxylic acids is 2. The molecule has 3 aliphatic rings. The molecule has 0 unspecified atom stereocenters. The van der Waals surface area contributed by atoms with Crippen molar-refractivity contribution >= 4 is 34.8 Å². The number of nitrogens with zero attached hydrogens (tertiary/aromatic N) is 7. The summed E-state index contributed by atoms with van der Waals surface area (Å²) in [5, 5.41) is 3.40. The number of morpholine rings is 1. The fourth-order valence-corrected chi connectivity index (χ4v) is 6.11. The summed E-state index contributed by atoms with van der Waals surface area (Å²) in [5.74, 6) is 1.13. The van der Waals surface area contributed by atoms with Crippen LogP contribution in [0.3, 0.4) is 0 Å². The molecule has 3 aliphatic heterocycles. The van der Waals surface area contributed by atoms with E-state index in [1.54, 1.807) is 35.2 Å². The molecule has 3 aromatic rings. The van der Waals surface area contributed by atoms with Gasteiger partial charge >= 0.3 is 6.09 Å². The number of carbonyl (C=O) groups is 2. The van der Waals surface area contributed by atoms with Gasteiger partial charge in [-0.25, -0.2) is 18.6 Å². The Morgan fingerprint density at radius 1 is 1.02 bits per heavy atom. The van der Waals surface area contributed by atoms with Crippen LogP contribution in [0.4, 0.5) is 25.3 Å². The van der Waals surface area contributed by atoms with Crippen LogP contribution in [0.1, 0.15) is 31.5 Å². The standard InChI is InChI=1S/C29H36F2N8O4/c1-42-29(41)37-10-7-20(8-11-37)27(40)38-9-6-19(18-38)17-32-23-16-24(35-28(34-23)36-12-14-43-15-13-36)39-22-5-3-2-4-21(22)33-26(39)25(30)31/h2-5,16,19-20,25H,6-15,17-18H2,1H3,(H,32,34,35)/t19-/m1/s1. The largest absolute Gasteiger partial charge is 0.453 e. The maximum Gasteiger partial charge on any atom is 0.409 e. The zero-order valence-corrected chi connectivity index (χ0v) is 24.1. The molecule has 3 fully saturated rings. The van der Waals surface area contributed by atoms with Gasteiger partial charge in [-0.1, -0.05) is 12.1 Å². The number of para-hydroxylation sites is 2. The number of alkyl halides is 2. The van der Waals surface area contributed by atoms with Crippen LogP contribution in [0, 0.1) is 11.8 Å². The van der Waals surface area contributed by atoms with E-state index in [0.29, 0.717) is 100 Å². The first-order valence-corrected chi connectivity index (χ1v) is 14.7. The van der Waals surface area contributed by atoms with Crippen molar-refractivity contribution in [3.8, 4) is 5.82 Å². The monoisotopic (exact) mass is 598 g/mol. The van der Waals surface area contributed by atoms with E-state index in [1.165, 1.54) is 11.7 Å². The topological polar surface area (TPSA) is 118 Å². The summed E-state index contributed by atoms with van der Waals surface area (Å²) in [6.45, 7) is 5.14. The molecule has 1 N–H and O–H groups in total. The van der Waals surface area contributed by atoms with Gasteiger partial charge in [0.15, 0.2) is 5.82 Å². The Hall–Kier alpha value is -4.07. The fourth-order valence-electron chi connectivity index (χ4n) is 6.11. The summed E-state index contributed by atoms with van der Waals surface area (Å²) in [7, 11) is 1.37. The van der Waals surface area contributed by atoms with Crippen molar-refractivity contribution < 1.29 is 27.8 Å². The molecule has 1 atom stereocenters. The number of piperidine rings is 1. The van der Waals surface area contributed by atoms with E-state index in [-0.39, 0.29) is 29.7 Å². The van der Waals surface area contributed by atoms with Crippen LogP contribution >= 0.6 is 0 Å². The van der Waals surface area contributed by atoms with Crippen LogP contribution in [0.15, 0.2) is 30.3 Å². The molecule has 2 aromatic heterocycles. The highest BCUT2D eigenvalue weighted by Crippen LogP contribution is 2.30. The molecule has 2 amide bonds. The number of likely N-dealkylation sites (tertiary alicyclic amines) is 2. The predicted octanol–water partition coefficient (Wildman–Crippen LogP) is 3.33. The summed E-state index contributed by atoms with van der Waals surface area (Å²) >= 11 is 0. The van der Waals surface area contributed by atoms with Gasteiger partial charge in [-0.15, -0.1) is 0 Å². The lowest BCUT2D eigenvalue weighted by Gasteiger charge is -2.32. The van der Waals surface area contributed by atoms with Crippen LogP contribution in [-0.2, 0) is 14.3 Å². The normalized spacial score (nSPS) is 19.8. The molecule has 12 nitrogen and oxygen atoms in total. The first kappa shape index (κ1) is 29.0. The fraction of sp³-hybridized carbons (Fsp3) is 0.552. The third kappa shape index (κ3) is 6.19. The SMILES string of the molecule is COC(=O)N1CCC(C(=O)N2CC[C@H](CNc3cc(-n4c(C(F)F)nc5ccccc54)nc(N4CCOCC4)n3)C2)CC1. The van der Waals surface area contributed by atoms with Gasteiger partial charge < -0.3 is 29.5 Å². The highest BCUT2D eigenvalue weighted by atomic mass is 19.3. The molecule has 0 bridgehead atoms. The molecule has 0 saturated carbocycles. The molecule has 1 aromatic carbocycles. The number of aromatic nitrogens is 4. The van der Waals surface area contributed by atoms with Crippen LogP contribution in [0.2, 0.25) is 0 Å². The Balaban J connectivity index is 1.17. The highest BCUT2D eigenvalue weighted by Gasteiger charge is 2.34. The number of halogens is 2. The Morgan fingerprint density at radius 2 is 1.77 bits per heavy atom. The van der Waals surface area contributed by atoms with Gasteiger partial charge in [0, 0.05) is 57.8 Å². The average Bonchev–Trinajstić information content (AvgIpc) is 3.69. The Kier molecular flexibility index (Phi) is 8.54. The molecule has 0 spiro atoms. The van der Waals surface area contributed by atoms with E-state index >= 15 is 0 Å². The van der Waals surface area contributed by atoms with Crippen LogP contribution in [-0.4, -0.2) is 107 Å². The number of imidazole rings is 1.